The fourth-order valence-electron chi connectivity index (χ4n) is 1.12. The van der Waals surface area contributed by atoms with Crippen LogP contribution >= 0.6 is 11.3 Å². The predicted octanol–water partition coefficient (Wildman–Crippen LogP) is 3.85. The Morgan fingerprint density at radius 2 is 2.08 bits per heavy atom. The third-order valence-electron chi connectivity index (χ3n) is 1.70. The van der Waals surface area contributed by atoms with Crippen LogP contribution in [0.5, 0.6) is 10.8 Å². The Morgan fingerprint density at radius 1 is 1.15 bits per heavy atom. The van der Waals surface area contributed by atoms with Gasteiger partial charge in [0.05, 0.1) is 0 Å². The Hall–Kier alpha value is -1.28. The number of rotatable bonds is 2. The molecule has 0 aliphatic rings. The highest BCUT2D eigenvalue weighted by Crippen LogP contribution is 2.26. The summed E-state index contributed by atoms with van der Waals surface area (Å²) in [6.45, 7) is 2.06. The molecule has 2 aromatic rings. The number of benzene rings is 1. The minimum atomic E-state index is 0.905. The van der Waals surface area contributed by atoms with Crippen LogP contribution in [-0.2, 0) is 0 Å². The summed E-state index contributed by atoms with van der Waals surface area (Å²) in [5.41, 5.74) is 1.22. The van der Waals surface area contributed by atoms with E-state index in [0.29, 0.717) is 0 Å². The molecular weight excluding hydrogens is 180 g/mol. The van der Waals surface area contributed by atoms with Crippen molar-refractivity contribution in [2.75, 3.05) is 0 Å². The van der Waals surface area contributed by atoms with Gasteiger partial charge < -0.3 is 4.74 Å². The van der Waals surface area contributed by atoms with Crippen LogP contribution in [0.4, 0.5) is 0 Å². The fraction of sp³-hybridized carbons (Fsp3) is 0.0909. The van der Waals surface area contributed by atoms with Gasteiger partial charge in [0.25, 0.3) is 0 Å². The van der Waals surface area contributed by atoms with Gasteiger partial charge in [0.1, 0.15) is 5.75 Å². The lowest BCUT2D eigenvalue weighted by molar-refractivity contribution is 0.496. The second-order valence-electron chi connectivity index (χ2n) is 2.85. The largest absolute Gasteiger partial charge is 0.447 e. The summed E-state index contributed by atoms with van der Waals surface area (Å²) in [5.74, 6) is 0.905. The molecule has 0 N–H and O–H groups in total. The van der Waals surface area contributed by atoms with Gasteiger partial charge in [-0.15, -0.1) is 11.3 Å². The number of hydrogen-bond acceptors (Lipinski definition) is 2. The summed E-state index contributed by atoms with van der Waals surface area (Å²) in [5, 5.41) is 2.94. The Bertz CT molecular complexity index is 379. The van der Waals surface area contributed by atoms with Gasteiger partial charge in [0.15, 0.2) is 5.06 Å². The molecule has 66 valence electrons. The van der Waals surface area contributed by atoms with Gasteiger partial charge in [-0.25, -0.2) is 0 Å². The fourth-order valence-corrected chi connectivity index (χ4v) is 1.71. The Balaban J connectivity index is 2.19. The molecule has 0 unspecified atom stereocenters. The molecule has 13 heavy (non-hydrogen) atoms. The van der Waals surface area contributed by atoms with Gasteiger partial charge in [0, 0.05) is 0 Å². The van der Waals surface area contributed by atoms with Gasteiger partial charge >= 0.3 is 0 Å². The van der Waals surface area contributed by atoms with E-state index in [2.05, 4.69) is 13.0 Å². The first-order valence-corrected chi connectivity index (χ1v) is 5.00. The molecule has 1 aromatic carbocycles. The lowest BCUT2D eigenvalue weighted by atomic mass is 10.2. The zero-order valence-electron chi connectivity index (χ0n) is 7.36. The number of ether oxygens (including phenoxy) is 1. The van der Waals surface area contributed by atoms with Crippen molar-refractivity contribution in [3.63, 3.8) is 0 Å². The van der Waals surface area contributed by atoms with Crippen molar-refractivity contribution in [1.82, 2.24) is 0 Å². The molecule has 0 atom stereocenters. The Kier molecular flexibility index (Phi) is 2.32. The maximum atomic E-state index is 5.62. The second-order valence-corrected chi connectivity index (χ2v) is 3.76. The van der Waals surface area contributed by atoms with E-state index in [1.165, 1.54) is 5.56 Å². The van der Waals surface area contributed by atoms with Crippen LogP contribution < -0.4 is 4.74 Å². The van der Waals surface area contributed by atoms with Crippen LogP contribution in [-0.4, -0.2) is 0 Å². The zero-order valence-corrected chi connectivity index (χ0v) is 8.17. The monoisotopic (exact) mass is 190 g/mol. The van der Waals surface area contributed by atoms with E-state index in [1.807, 2.05) is 35.7 Å². The molecule has 2 rings (SSSR count). The summed E-state index contributed by atoms with van der Waals surface area (Å²) in [6.07, 6.45) is 0. The summed E-state index contributed by atoms with van der Waals surface area (Å²) < 4.78 is 5.62. The van der Waals surface area contributed by atoms with E-state index in [1.54, 1.807) is 11.3 Å². The van der Waals surface area contributed by atoms with Gasteiger partial charge in [-0.2, -0.15) is 0 Å². The van der Waals surface area contributed by atoms with E-state index in [-0.39, 0.29) is 0 Å². The van der Waals surface area contributed by atoms with E-state index in [4.69, 9.17) is 4.74 Å². The van der Waals surface area contributed by atoms with Crippen LogP contribution in [0.1, 0.15) is 5.56 Å². The van der Waals surface area contributed by atoms with E-state index in [9.17, 15) is 0 Å². The summed E-state index contributed by atoms with van der Waals surface area (Å²) >= 11 is 1.60. The van der Waals surface area contributed by atoms with Crippen molar-refractivity contribution in [3.8, 4) is 10.8 Å². The van der Waals surface area contributed by atoms with Crippen LogP contribution in [0.2, 0.25) is 0 Å². The highest BCUT2D eigenvalue weighted by atomic mass is 32.1. The Labute approximate surface area is 81.6 Å². The SMILES string of the molecule is Cc1cccc(Oc2cccs2)c1. The quantitative estimate of drug-likeness (QED) is 0.699. The standard InChI is InChI=1S/C11H10OS/c1-9-4-2-5-10(8-9)12-11-6-3-7-13-11/h2-8H,1H3. The van der Waals surface area contributed by atoms with Crippen molar-refractivity contribution in [2.24, 2.45) is 0 Å². The van der Waals surface area contributed by atoms with E-state index < -0.39 is 0 Å². The summed E-state index contributed by atoms with van der Waals surface area (Å²) in [7, 11) is 0. The smallest absolute Gasteiger partial charge is 0.180 e. The van der Waals surface area contributed by atoms with Crippen LogP contribution in [0.15, 0.2) is 41.8 Å². The minimum Gasteiger partial charge on any atom is -0.447 e. The second kappa shape index (κ2) is 3.62. The highest BCUT2D eigenvalue weighted by molar-refractivity contribution is 7.11. The molecule has 0 radical (unpaired) electrons. The molecule has 1 aromatic heterocycles. The molecule has 0 amide bonds. The first-order chi connectivity index (χ1) is 6.34. The third-order valence-corrected chi connectivity index (χ3v) is 2.45. The molecule has 2 heteroatoms. The molecule has 0 saturated carbocycles. The van der Waals surface area contributed by atoms with E-state index in [0.717, 1.165) is 10.8 Å². The average Bonchev–Trinajstić information content (AvgIpc) is 2.57. The maximum Gasteiger partial charge on any atom is 0.180 e. The lowest BCUT2D eigenvalue weighted by Gasteiger charge is -2.02. The van der Waals surface area contributed by atoms with Crippen LogP contribution in [0.25, 0.3) is 0 Å². The molecule has 1 heterocycles. The molecule has 0 fully saturated rings. The van der Waals surface area contributed by atoms with Crippen LogP contribution in [0.3, 0.4) is 0 Å². The molecular formula is C11H10OS. The zero-order chi connectivity index (χ0) is 9.10. The normalized spacial score (nSPS) is 9.92. The van der Waals surface area contributed by atoms with Gasteiger partial charge in [-0.1, -0.05) is 12.1 Å². The van der Waals surface area contributed by atoms with Gasteiger partial charge in [-0.3, -0.25) is 0 Å². The number of thiophene rings is 1. The number of aryl methyl sites for hydroxylation is 1. The molecule has 0 bridgehead atoms. The van der Waals surface area contributed by atoms with E-state index >= 15 is 0 Å². The van der Waals surface area contributed by atoms with Crippen molar-refractivity contribution >= 4 is 11.3 Å². The van der Waals surface area contributed by atoms with Crippen molar-refractivity contribution in [2.45, 2.75) is 6.92 Å². The van der Waals surface area contributed by atoms with Crippen LogP contribution in [0, 0.1) is 6.92 Å². The van der Waals surface area contributed by atoms with Crippen molar-refractivity contribution in [3.05, 3.63) is 47.3 Å². The molecule has 0 saturated heterocycles. The van der Waals surface area contributed by atoms with Crippen molar-refractivity contribution < 1.29 is 4.74 Å². The summed E-state index contributed by atoms with van der Waals surface area (Å²) in [4.78, 5) is 0. The molecule has 0 spiro atoms. The van der Waals surface area contributed by atoms with Gasteiger partial charge in [-0.05, 0) is 42.1 Å². The van der Waals surface area contributed by atoms with Crippen molar-refractivity contribution in [1.29, 1.82) is 0 Å². The molecule has 1 nitrogen and oxygen atoms in total. The minimum absolute atomic E-state index is 0.905. The average molecular weight is 190 g/mol. The first kappa shape index (κ1) is 8.32. The molecule has 0 aliphatic heterocycles. The Morgan fingerprint density at radius 3 is 2.77 bits per heavy atom. The maximum absolute atomic E-state index is 5.62. The predicted molar refractivity (Wildman–Crippen MR) is 55.6 cm³/mol. The highest BCUT2D eigenvalue weighted by Gasteiger charge is 1.96. The summed E-state index contributed by atoms with van der Waals surface area (Å²) in [6, 6.07) is 12.0. The molecule has 0 aliphatic carbocycles. The van der Waals surface area contributed by atoms with Gasteiger partial charge in [0.2, 0.25) is 0 Å². The lowest BCUT2D eigenvalue weighted by Crippen LogP contribution is -1.80. The first-order valence-electron chi connectivity index (χ1n) is 4.12. The third kappa shape index (κ3) is 2.10. The number of hydrogen-bond donors (Lipinski definition) is 0. The topological polar surface area (TPSA) is 9.23 Å².